The second-order valence-electron chi connectivity index (χ2n) is 3.87. The van der Waals surface area contributed by atoms with Crippen LogP contribution in [-0.4, -0.2) is 15.9 Å². The first-order valence-corrected chi connectivity index (χ1v) is 6.09. The Morgan fingerprint density at radius 1 is 1.26 bits per heavy atom. The molecule has 1 amide bonds. The van der Waals surface area contributed by atoms with Gasteiger partial charge in [-0.2, -0.15) is 0 Å². The Morgan fingerprint density at radius 3 is 2.63 bits per heavy atom. The van der Waals surface area contributed by atoms with Gasteiger partial charge in [-0.25, -0.2) is 9.97 Å². The molecule has 0 aliphatic carbocycles. The number of aryl methyl sites for hydroxylation is 1. The highest BCUT2D eigenvalue weighted by Crippen LogP contribution is 2.17. The number of halogens is 2. The summed E-state index contributed by atoms with van der Waals surface area (Å²) in [5.41, 5.74) is 7.62. The first-order valence-electron chi connectivity index (χ1n) is 5.33. The van der Waals surface area contributed by atoms with Crippen LogP contribution in [0.15, 0.2) is 24.3 Å². The third-order valence-corrected chi connectivity index (χ3v) is 2.80. The number of aromatic nitrogens is 2. The van der Waals surface area contributed by atoms with E-state index >= 15 is 0 Å². The van der Waals surface area contributed by atoms with E-state index < -0.39 is 0 Å². The Balaban J connectivity index is 2.22. The number of nitrogens with zero attached hydrogens (tertiary/aromatic N) is 2. The lowest BCUT2D eigenvalue weighted by molar-refractivity contribution is 0.102. The number of carbonyl (C=O) groups excluding carboxylic acids is 1. The van der Waals surface area contributed by atoms with Crippen LogP contribution in [0, 0.1) is 6.92 Å². The molecule has 0 unspecified atom stereocenters. The molecule has 0 spiro atoms. The minimum absolute atomic E-state index is 0.0312. The van der Waals surface area contributed by atoms with Gasteiger partial charge in [0.2, 0.25) is 5.28 Å². The molecule has 2 aromatic rings. The summed E-state index contributed by atoms with van der Waals surface area (Å²) in [5, 5.41) is 2.71. The lowest BCUT2D eigenvalue weighted by atomic mass is 10.1. The monoisotopic (exact) mass is 296 g/mol. The van der Waals surface area contributed by atoms with Crippen molar-refractivity contribution < 1.29 is 4.79 Å². The van der Waals surface area contributed by atoms with E-state index in [1.165, 1.54) is 6.07 Å². The van der Waals surface area contributed by atoms with Gasteiger partial charge in [0.05, 0.1) is 0 Å². The number of hydrogen-bond acceptors (Lipinski definition) is 4. The Kier molecular flexibility index (Phi) is 3.87. The minimum Gasteiger partial charge on any atom is -0.399 e. The van der Waals surface area contributed by atoms with E-state index in [1.54, 1.807) is 18.2 Å². The maximum Gasteiger partial charge on any atom is 0.256 e. The largest absolute Gasteiger partial charge is 0.399 e. The number of hydrogen-bond donors (Lipinski definition) is 2. The van der Waals surface area contributed by atoms with E-state index in [0.717, 1.165) is 5.56 Å². The predicted octanol–water partition coefficient (Wildman–Crippen LogP) is 2.93. The summed E-state index contributed by atoms with van der Waals surface area (Å²) in [6.45, 7) is 1.82. The number of nitrogen functional groups attached to an aromatic ring is 1. The van der Waals surface area contributed by atoms with Gasteiger partial charge < -0.3 is 11.1 Å². The molecule has 0 bridgehead atoms. The zero-order valence-electron chi connectivity index (χ0n) is 9.95. The predicted molar refractivity (Wildman–Crippen MR) is 75.6 cm³/mol. The smallest absolute Gasteiger partial charge is 0.256 e. The van der Waals surface area contributed by atoms with Gasteiger partial charge in [0.1, 0.15) is 11.0 Å². The molecular formula is C12H10Cl2N4O. The second kappa shape index (κ2) is 5.42. The summed E-state index contributed by atoms with van der Waals surface area (Å²) in [6.07, 6.45) is 0. The lowest BCUT2D eigenvalue weighted by Crippen LogP contribution is -2.13. The summed E-state index contributed by atoms with van der Waals surface area (Å²) < 4.78 is 0. The Bertz CT molecular complexity index is 625. The molecule has 0 aliphatic rings. The average molecular weight is 297 g/mol. The van der Waals surface area contributed by atoms with Gasteiger partial charge in [0.15, 0.2) is 0 Å². The Labute approximate surface area is 119 Å². The zero-order chi connectivity index (χ0) is 14.0. The van der Waals surface area contributed by atoms with Gasteiger partial charge >= 0.3 is 0 Å². The van der Waals surface area contributed by atoms with Crippen LogP contribution in [0.3, 0.4) is 0 Å². The van der Waals surface area contributed by atoms with Crippen molar-refractivity contribution in [2.75, 3.05) is 11.1 Å². The highest BCUT2D eigenvalue weighted by atomic mass is 35.5. The van der Waals surface area contributed by atoms with Crippen molar-refractivity contribution in [1.29, 1.82) is 0 Å². The highest BCUT2D eigenvalue weighted by molar-refractivity contribution is 6.32. The molecule has 5 nitrogen and oxygen atoms in total. The van der Waals surface area contributed by atoms with Crippen LogP contribution in [0.4, 0.5) is 11.5 Å². The number of anilines is 2. The van der Waals surface area contributed by atoms with Gasteiger partial charge in [-0.15, -0.1) is 0 Å². The van der Waals surface area contributed by atoms with Crippen LogP contribution in [0.5, 0.6) is 0 Å². The normalized spacial score (nSPS) is 10.3. The van der Waals surface area contributed by atoms with Crippen molar-refractivity contribution in [3.8, 4) is 0 Å². The molecule has 0 saturated carbocycles. The Hall–Kier alpha value is -1.85. The molecule has 3 N–H and O–H groups in total. The van der Waals surface area contributed by atoms with Gasteiger partial charge in [-0.3, -0.25) is 4.79 Å². The number of amides is 1. The molecule has 0 saturated heterocycles. The third-order valence-electron chi connectivity index (χ3n) is 2.44. The summed E-state index contributed by atoms with van der Waals surface area (Å²) in [7, 11) is 0. The lowest BCUT2D eigenvalue weighted by Gasteiger charge is -2.07. The van der Waals surface area contributed by atoms with Crippen LogP contribution < -0.4 is 11.1 Å². The van der Waals surface area contributed by atoms with E-state index in [-0.39, 0.29) is 22.2 Å². The minimum atomic E-state index is -0.325. The molecule has 98 valence electrons. The van der Waals surface area contributed by atoms with Crippen molar-refractivity contribution in [2.45, 2.75) is 6.92 Å². The number of nitrogens with one attached hydrogen (secondary N) is 1. The standard InChI is InChI=1S/C12H10Cl2N4O/c1-6-4-7(2-3-8(6)15)11(19)17-10-5-9(13)16-12(14)18-10/h2-5H,15H2,1H3,(H,16,17,18,19). The Morgan fingerprint density at radius 2 is 2.00 bits per heavy atom. The molecule has 0 aliphatic heterocycles. The number of benzene rings is 1. The maximum absolute atomic E-state index is 12.0. The SMILES string of the molecule is Cc1cc(C(=O)Nc2cc(Cl)nc(Cl)n2)ccc1N. The number of nitrogens with two attached hydrogens (primary N) is 1. The van der Waals surface area contributed by atoms with Crippen LogP contribution in [0.1, 0.15) is 15.9 Å². The first-order chi connectivity index (χ1) is 8.95. The zero-order valence-corrected chi connectivity index (χ0v) is 11.5. The van der Waals surface area contributed by atoms with E-state index in [1.807, 2.05) is 6.92 Å². The van der Waals surface area contributed by atoms with Gasteiger partial charge in [-0.1, -0.05) is 11.6 Å². The van der Waals surface area contributed by atoms with Gasteiger partial charge in [-0.05, 0) is 42.3 Å². The molecule has 1 aromatic carbocycles. The van der Waals surface area contributed by atoms with Crippen LogP contribution in [-0.2, 0) is 0 Å². The molecule has 2 rings (SSSR count). The summed E-state index contributed by atoms with van der Waals surface area (Å²) in [6, 6.07) is 6.40. The van der Waals surface area contributed by atoms with Crippen LogP contribution in [0.25, 0.3) is 0 Å². The summed E-state index contributed by atoms with van der Waals surface area (Å²) in [5.74, 6) is -0.0848. The van der Waals surface area contributed by atoms with E-state index in [9.17, 15) is 4.79 Å². The summed E-state index contributed by atoms with van der Waals surface area (Å²) in [4.78, 5) is 19.5. The molecule has 0 radical (unpaired) electrons. The van der Waals surface area contributed by atoms with Crippen molar-refractivity contribution in [3.05, 3.63) is 45.8 Å². The van der Waals surface area contributed by atoms with Gasteiger partial charge in [0, 0.05) is 17.3 Å². The number of carbonyl (C=O) groups is 1. The summed E-state index contributed by atoms with van der Waals surface area (Å²) >= 11 is 11.4. The number of rotatable bonds is 2. The van der Waals surface area contributed by atoms with Crippen molar-refractivity contribution in [1.82, 2.24) is 9.97 Å². The average Bonchev–Trinajstić information content (AvgIpc) is 2.31. The fourth-order valence-corrected chi connectivity index (χ4v) is 1.87. The topological polar surface area (TPSA) is 80.9 Å². The first kappa shape index (κ1) is 13.6. The van der Waals surface area contributed by atoms with Crippen molar-refractivity contribution >= 4 is 40.6 Å². The van der Waals surface area contributed by atoms with Crippen molar-refractivity contribution in [3.63, 3.8) is 0 Å². The maximum atomic E-state index is 12.0. The molecule has 19 heavy (non-hydrogen) atoms. The van der Waals surface area contributed by atoms with E-state index in [2.05, 4.69) is 15.3 Å². The fraction of sp³-hybridized carbons (Fsp3) is 0.0833. The van der Waals surface area contributed by atoms with Crippen LogP contribution in [0.2, 0.25) is 10.4 Å². The van der Waals surface area contributed by atoms with Crippen LogP contribution >= 0.6 is 23.2 Å². The fourth-order valence-electron chi connectivity index (χ4n) is 1.46. The van der Waals surface area contributed by atoms with Gasteiger partial charge in [0.25, 0.3) is 5.91 Å². The molecule has 1 aromatic heterocycles. The molecule has 7 heteroatoms. The molecular weight excluding hydrogens is 287 g/mol. The molecule has 0 fully saturated rings. The molecule has 0 atom stereocenters. The van der Waals surface area contributed by atoms with Crippen molar-refractivity contribution in [2.24, 2.45) is 0 Å². The third kappa shape index (κ3) is 3.33. The quantitative estimate of drug-likeness (QED) is 0.507. The van der Waals surface area contributed by atoms with E-state index in [0.29, 0.717) is 11.3 Å². The second-order valence-corrected chi connectivity index (χ2v) is 4.60. The van der Waals surface area contributed by atoms with E-state index in [4.69, 9.17) is 28.9 Å². The molecule has 1 heterocycles. The highest BCUT2D eigenvalue weighted by Gasteiger charge is 2.09.